The molecule has 2 rings (SSSR count). The van der Waals surface area contributed by atoms with Gasteiger partial charge in [-0.15, -0.1) is 0 Å². The fraction of sp³-hybridized carbons (Fsp3) is 0.286. The monoisotopic (exact) mass is 297 g/mol. The summed E-state index contributed by atoms with van der Waals surface area (Å²) in [6.45, 7) is 5.65. The van der Waals surface area contributed by atoms with Crippen molar-refractivity contribution in [3.8, 4) is 0 Å². The van der Waals surface area contributed by atoms with Gasteiger partial charge in [-0.05, 0) is 19.1 Å². The van der Waals surface area contributed by atoms with Crippen LogP contribution < -0.4 is 5.32 Å². The van der Waals surface area contributed by atoms with Gasteiger partial charge < -0.3 is 5.32 Å². The lowest BCUT2D eigenvalue weighted by Gasteiger charge is -2.13. The summed E-state index contributed by atoms with van der Waals surface area (Å²) < 4.78 is 26.1. The van der Waals surface area contributed by atoms with Crippen LogP contribution in [0.5, 0.6) is 0 Å². The molecule has 0 unspecified atom stereocenters. The standard InChI is InChI=1S/C14H14ClF2N3/c1-7(2)13-19-12(15)8(3)14(20-13)18-9-4-5-10(16)11(17)6-9/h4-7H,1-3H3,(H,18,19,20). The molecule has 0 amide bonds. The summed E-state index contributed by atoms with van der Waals surface area (Å²) in [5.41, 5.74) is 1.05. The van der Waals surface area contributed by atoms with E-state index in [1.165, 1.54) is 6.07 Å². The summed E-state index contributed by atoms with van der Waals surface area (Å²) >= 11 is 6.06. The largest absolute Gasteiger partial charge is 0.340 e. The lowest BCUT2D eigenvalue weighted by molar-refractivity contribution is 0.509. The number of nitrogens with one attached hydrogen (secondary N) is 1. The smallest absolute Gasteiger partial charge is 0.160 e. The highest BCUT2D eigenvalue weighted by Crippen LogP contribution is 2.26. The average Bonchev–Trinajstić information content (AvgIpc) is 2.38. The SMILES string of the molecule is Cc1c(Cl)nc(C(C)C)nc1Nc1ccc(F)c(F)c1. The predicted octanol–water partition coefficient (Wildman–Crippen LogP) is 4.58. The second kappa shape index (κ2) is 5.71. The van der Waals surface area contributed by atoms with Crippen molar-refractivity contribution < 1.29 is 8.78 Å². The number of anilines is 2. The molecule has 0 bridgehead atoms. The van der Waals surface area contributed by atoms with Crippen LogP contribution in [0.1, 0.15) is 31.2 Å². The second-order valence-corrected chi connectivity index (χ2v) is 5.11. The molecular weight excluding hydrogens is 284 g/mol. The molecule has 1 heterocycles. The zero-order valence-corrected chi connectivity index (χ0v) is 12.1. The van der Waals surface area contributed by atoms with Crippen LogP contribution in [0.25, 0.3) is 0 Å². The van der Waals surface area contributed by atoms with Gasteiger partial charge in [-0.3, -0.25) is 0 Å². The van der Waals surface area contributed by atoms with Gasteiger partial charge >= 0.3 is 0 Å². The molecule has 0 aliphatic rings. The zero-order valence-electron chi connectivity index (χ0n) is 11.3. The molecule has 0 radical (unpaired) electrons. The Morgan fingerprint density at radius 2 is 1.85 bits per heavy atom. The molecule has 0 spiro atoms. The third-order valence-corrected chi connectivity index (χ3v) is 3.17. The molecule has 106 valence electrons. The Balaban J connectivity index is 2.39. The van der Waals surface area contributed by atoms with Crippen molar-refractivity contribution in [3.63, 3.8) is 0 Å². The third kappa shape index (κ3) is 3.04. The van der Waals surface area contributed by atoms with Crippen molar-refractivity contribution in [1.29, 1.82) is 0 Å². The number of benzene rings is 1. The molecule has 1 N–H and O–H groups in total. The highest BCUT2D eigenvalue weighted by Gasteiger charge is 2.12. The molecule has 1 aromatic heterocycles. The number of aromatic nitrogens is 2. The Hall–Kier alpha value is -1.75. The Kier molecular flexibility index (Phi) is 4.18. The van der Waals surface area contributed by atoms with Crippen LogP contribution in [0.4, 0.5) is 20.3 Å². The first-order chi connectivity index (χ1) is 9.38. The number of hydrogen-bond donors (Lipinski definition) is 1. The molecule has 1 aromatic carbocycles. The van der Waals surface area contributed by atoms with Gasteiger partial charge in [0.1, 0.15) is 16.8 Å². The summed E-state index contributed by atoms with van der Waals surface area (Å²) in [4.78, 5) is 8.54. The van der Waals surface area contributed by atoms with Gasteiger partial charge in [0.25, 0.3) is 0 Å². The maximum absolute atomic E-state index is 13.2. The van der Waals surface area contributed by atoms with E-state index in [1.807, 2.05) is 13.8 Å². The molecule has 20 heavy (non-hydrogen) atoms. The van der Waals surface area contributed by atoms with Gasteiger partial charge in [-0.25, -0.2) is 18.7 Å². The summed E-state index contributed by atoms with van der Waals surface area (Å²) in [7, 11) is 0. The van der Waals surface area contributed by atoms with Crippen LogP contribution in [0.2, 0.25) is 5.15 Å². The number of hydrogen-bond acceptors (Lipinski definition) is 3. The molecule has 6 heteroatoms. The minimum Gasteiger partial charge on any atom is -0.340 e. The van der Waals surface area contributed by atoms with E-state index in [4.69, 9.17) is 11.6 Å². The number of rotatable bonds is 3. The Morgan fingerprint density at radius 1 is 1.15 bits per heavy atom. The van der Waals surface area contributed by atoms with Crippen molar-refractivity contribution in [2.45, 2.75) is 26.7 Å². The summed E-state index contributed by atoms with van der Waals surface area (Å²) in [5, 5.41) is 3.28. The molecule has 3 nitrogen and oxygen atoms in total. The highest BCUT2D eigenvalue weighted by molar-refractivity contribution is 6.30. The van der Waals surface area contributed by atoms with Crippen molar-refractivity contribution in [1.82, 2.24) is 9.97 Å². The highest BCUT2D eigenvalue weighted by atomic mass is 35.5. The molecule has 0 fully saturated rings. The molecule has 2 aromatic rings. The first kappa shape index (κ1) is 14.7. The van der Waals surface area contributed by atoms with Crippen LogP contribution in [-0.2, 0) is 0 Å². The molecule has 0 saturated heterocycles. The van der Waals surface area contributed by atoms with E-state index in [0.29, 0.717) is 28.0 Å². The molecule has 0 saturated carbocycles. The van der Waals surface area contributed by atoms with Crippen molar-refractivity contribution >= 4 is 23.1 Å². The van der Waals surface area contributed by atoms with Gasteiger partial charge in [0.2, 0.25) is 0 Å². The fourth-order valence-electron chi connectivity index (χ4n) is 1.60. The molecule has 0 atom stereocenters. The lowest BCUT2D eigenvalue weighted by Crippen LogP contribution is -2.05. The van der Waals surface area contributed by atoms with E-state index < -0.39 is 11.6 Å². The Morgan fingerprint density at radius 3 is 2.45 bits per heavy atom. The van der Waals surface area contributed by atoms with Gasteiger partial charge in [-0.2, -0.15) is 0 Å². The Bertz CT molecular complexity index is 645. The van der Waals surface area contributed by atoms with Crippen LogP contribution >= 0.6 is 11.6 Å². The van der Waals surface area contributed by atoms with E-state index in [9.17, 15) is 8.78 Å². The predicted molar refractivity (Wildman–Crippen MR) is 75.5 cm³/mol. The summed E-state index contributed by atoms with van der Waals surface area (Å²) in [5.74, 6) is -0.628. The van der Waals surface area contributed by atoms with Crippen LogP contribution in [0, 0.1) is 18.6 Å². The zero-order chi connectivity index (χ0) is 14.9. The minimum absolute atomic E-state index is 0.110. The molecular formula is C14H14ClF2N3. The molecule has 0 aliphatic carbocycles. The maximum Gasteiger partial charge on any atom is 0.160 e. The van der Waals surface area contributed by atoms with Crippen molar-refractivity contribution in [3.05, 3.63) is 46.4 Å². The third-order valence-electron chi connectivity index (χ3n) is 2.80. The normalized spacial score (nSPS) is 10.9. The lowest BCUT2D eigenvalue weighted by atomic mass is 10.2. The Labute approximate surface area is 121 Å². The summed E-state index contributed by atoms with van der Waals surface area (Å²) in [6.07, 6.45) is 0. The van der Waals surface area contributed by atoms with Gasteiger partial charge in [0.05, 0.1) is 0 Å². The van der Waals surface area contributed by atoms with Crippen LogP contribution in [0.15, 0.2) is 18.2 Å². The second-order valence-electron chi connectivity index (χ2n) is 4.75. The van der Waals surface area contributed by atoms with Crippen molar-refractivity contribution in [2.75, 3.05) is 5.32 Å². The van der Waals surface area contributed by atoms with E-state index >= 15 is 0 Å². The average molecular weight is 298 g/mol. The molecule has 0 aliphatic heterocycles. The first-order valence-electron chi connectivity index (χ1n) is 6.14. The maximum atomic E-state index is 13.2. The van der Waals surface area contributed by atoms with E-state index in [1.54, 1.807) is 6.92 Å². The van der Waals surface area contributed by atoms with Gasteiger partial charge in [-0.1, -0.05) is 25.4 Å². The fourth-order valence-corrected chi connectivity index (χ4v) is 1.77. The topological polar surface area (TPSA) is 37.8 Å². The van der Waals surface area contributed by atoms with Crippen LogP contribution in [0.3, 0.4) is 0 Å². The minimum atomic E-state index is -0.920. The summed E-state index contributed by atoms with van der Waals surface area (Å²) in [6, 6.07) is 3.56. The van der Waals surface area contributed by atoms with Crippen molar-refractivity contribution in [2.24, 2.45) is 0 Å². The van der Waals surface area contributed by atoms with E-state index in [-0.39, 0.29) is 5.92 Å². The first-order valence-corrected chi connectivity index (χ1v) is 6.52. The van der Waals surface area contributed by atoms with Crippen LogP contribution in [-0.4, -0.2) is 9.97 Å². The number of halogens is 3. The quantitative estimate of drug-likeness (QED) is 0.842. The van der Waals surface area contributed by atoms with Gasteiger partial charge in [0, 0.05) is 23.2 Å². The van der Waals surface area contributed by atoms with E-state index in [2.05, 4.69) is 15.3 Å². The van der Waals surface area contributed by atoms with Gasteiger partial charge in [0.15, 0.2) is 11.6 Å². The number of nitrogens with zero attached hydrogens (tertiary/aromatic N) is 2. The van der Waals surface area contributed by atoms with E-state index in [0.717, 1.165) is 12.1 Å².